The van der Waals surface area contributed by atoms with E-state index in [0.717, 1.165) is 16.0 Å². The van der Waals surface area contributed by atoms with Gasteiger partial charge in [-0.3, -0.25) is 4.21 Å². The average molecular weight is 278 g/mol. The van der Waals surface area contributed by atoms with Gasteiger partial charge < -0.3 is 9.52 Å². The van der Waals surface area contributed by atoms with Crippen molar-refractivity contribution in [1.82, 2.24) is 0 Å². The highest BCUT2D eigenvalue weighted by Gasteiger charge is 2.12. The molecule has 1 N–H and O–H groups in total. The minimum Gasteiger partial charge on any atom is -0.475 e. The van der Waals surface area contributed by atoms with Gasteiger partial charge in [0, 0.05) is 4.90 Å². The molecule has 1 aromatic heterocycles. The number of hydrogen-bond donors (Lipinski definition) is 1. The van der Waals surface area contributed by atoms with E-state index in [1.54, 1.807) is 6.07 Å². The molecule has 100 valence electrons. The molecule has 0 amide bonds. The number of rotatable bonds is 4. The maximum Gasteiger partial charge on any atom is 0.371 e. The van der Waals surface area contributed by atoms with Crippen LogP contribution in [0.4, 0.5) is 0 Å². The van der Waals surface area contributed by atoms with Gasteiger partial charge >= 0.3 is 5.97 Å². The molecule has 0 radical (unpaired) electrons. The second-order valence-corrected chi connectivity index (χ2v) is 5.84. The van der Waals surface area contributed by atoms with Crippen molar-refractivity contribution < 1.29 is 18.5 Å². The van der Waals surface area contributed by atoms with Crippen molar-refractivity contribution in [2.45, 2.75) is 24.5 Å². The maximum atomic E-state index is 12.2. The highest BCUT2D eigenvalue weighted by atomic mass is 32.2. The largest absolute Gasteiger partial charge is 0.475 e. The van der Waals surface area contributed by atoms with Crippen LogP contribution in [-0.2, 0) is 16.6 Å². The van der Waals surface area contributed by atoms with Crippen LogP contribution in [-0.4, -0.2) is 15.3 Å². The smallest absolute Gasteiger partial charge is 0.371 e. The van der Waals surface area contributed by atoms with Crippen LogP contribution in [0, 0.1) is 13.8 Å². The predicted molar refractivity (Wildman–Crippen MR) is 71.7 cm³/mol. The van der Waals surface area contributed by atoms with E-state index < -0.39 is 16.8 Å². The van der Waals surface area contributed by atoms with E-state index in [9.17, 15) is 9.00 Å². The van der Waals surface area contributed by atoms with Crippen molar-refractivity contribution in [2.24, 2.45) is 0 Å². The second kappa shape index (κ2) is 5.40. The van der Waals surface area contributed by atoms with Gasteiger partial charge in [0.05, 0.1) is 16.6 Å². The monoisotopic (exact) mass is 278 g/mol. The standard InChI is InChI=1S/C14H14O4S/c1-9-5-10(2)7-12(6-9)19(17)8-11-3-4-13(18-11)14(15)16/h3-7H,8H2,1-2H3,(H,15,16). The molecule has 0 fully saturated rings. The van der Waals surface area contributed by atoms with E-state index in [1.165, 1.54) is 6.07 Å². The summed E-state index contributed by atoms with van der Waals surface area (Å²) in [6.45, 7) is 3.90. The maximum absolute atomic E-state index is 12.2. The molecular formula is C14H14O4S. The Labute approximate surface area is 113 Å². The number of carboxylic acids is 1. The fourth-order valence-electron chi connectivity index (χ4n) is 1.85. The van der Waals surface area contributed by atoms with E-state index in [1.807, 2.05) is 32.0 Å². The minimum absolute atomic E-state index is 0.132. The summed E-state index contributed by atoms with van der Waals surface area (Å²) in [6.07, 6.45) is 0. The lowest BCUT2D eigenvalue weighted by atomic mass is 10.2. The fourth-order valence-corrected chi connectivity index (χ4v) is 3.06. The Morgan fingerprint density at radius 1 is 1.21 bits per heavy atom. The molecule has 0 saturated heterocycles. The number of carboxylic acid groups (broad SMARTS) is 1. The highest BCUT2D eigenvalue weighted by molar-refractivity contribution is 7.84. The first-order valence-electron chi connectivity index (χ1n) is 5.74. The molecule has 1 atom stereocenters. The molecule has 0 bridgehead atoms. The van der Waals surface area contributed by atoms with Crippen molar-refractivity contribution in [3.8, 4) is 0 Å². The lowest BCUT2D eigenvalue weighted by Crippen LogP contribution is -1.97. The predicted octanol–water partition coefficient (Wildman–Crippen LogP) is 2.90. The lowest BCUT2D eigenvalue weighted by molar-refractivity contribution is 0.0661. The SMILES string of the molecule is Cc1cc(C)cc(S(=O)Cc2ccc(C(=O)O)o2)c1. The third kappa shape index (κ3) is 3.32. The van der Waals surface area contributed by atoms with Crippen LogP contribution in [0.5, 0.6) is 0 Å². The van der Waals surface area contributed by atoms with Gasteiger partial charge in [-0.25, -0.2) is 4.79 Å². The second-order valence-electron chi connectivity index (χ2n) is 4.38. The molecule has 0 aliphatic heterocycles. The molecule has 2 aromatic rings. The molecule has 1 unspecified atom stereocenters. The van der Waals surface area contributed by atoms with Gasteiger partial charge in [0.1, 0.15) is 5.76 Å². The Hall–Kier alpha value is -1.88. The number of carbonyl (C=O) groups is 1. The molecule has 0 saturated carbocycles. The summed E-state index contributed by atoms with van der Waals surface area (Å²) in [7, 11) is -1.24. The molecule has 4 nitrogen and oxygen atoms in total. The van der Waals surface area contributed by atoms with Crippen molar-refractivity contribution in [2.75, 3.05) is 0 Å². The number of hydrogen-bond acceptors (Lipinski definition) is 3. The summed E-state index contributed by atoms with van der Waals surface area (Å²) in [4.78, 5) is 11.4. The Morgan fingerprint density at radius 3 is 2.37 bits per heavy atom. The topological polar surface area (TPSA) is 67.5 Å². The Bertz CT molecular complexity index is 622. The Morgan fingerprint density at radius 2 is 1.84 bits per heavy atom. The summed E-state index contributed by atoms with van der Waals surface area (Å²) < 4.78 is 17.3. The van der Waals surface area contributed by atoms with E-state index in [-0.39, 0.29) is 11.5 Å². The van der Waals surface area contributed by atoms with E-state index >= 15 is 0 Å². The van der Waals surface area contributed by atoms with Crippen LogP contribution < -0.4 is 0 Å². The van der Waals surface area contributed by atoms with E-state index in [2.05, 4.69) is 0 Å². The summed E-state index contributed by atoms with van der Waals surface area (Å²) in [5.74, 6) is -0.665. The summed E-state index contributed by atoms with van der Waals surface area (Å²) in [5.41, 5.74) is 2.10. The molecule has 0 aliphatic carbocycles. The molecule has 0 aliphatic rings. The molecule has 2 rings (SSSR count). The number of aryl methyl sites for hydroxylation is 2. The van der Waals surface area contributed by atoms with Gasteiger partial charge in [-0.15, -0.1) is 0 Å². The Kier molecular flexibility index (Phi) is 3.85. The van der Waals surface area contributed by atoms with Gasteiger partial charge in [0.2, 0.25) is 5.76 Å². The minimum atomic E-state index is -1.24. The Balaban J connectivity index is 2.18. The molecule has 1 heterocycles. The van der Waals surface area contributed by atoms with E-state index in [4.69, 9.17) is 9.52 Å². The summed E-state index contributed by atoms with van der Waals surface area (Å²) in [6, 6.07) is 8.66. The molecule has 19 heavy (non-hydrogen) atoms. The molecule has 1 aromatic carbocycles. The van der Waals surface area contributed by atoms with Crippen LogP contribution >= 0.6 is 0 Å². The zero-order chi connectivity index (χ0) is 14.0. The van der Waals surface area contributed by atoms with Crippen LogP contribution in [0.3, 0.4) is 0 Å². The first-order chi connectivity index (χ1) is 8.95. The number of furan rings is 1. The van der Waals surface area contributed by atoms with Crippen LogP contribution in [0.15, 0.2) is 39.6 Å². The first kappa shape index (κ1) is 13.5. The van der Waals surface area contributed by atoms with Gasteiger partial charge in [-0.05, 0) is 49.2 Å². The quantitative estimate of drug-likeness (QED) is 0.933. The molecular weight excluding hydrogens is 264 g/mol. The van der Waals surface area contributed by atoms with Crippen molar-refractivity contribution in [3.63, 3.8) is 0 Å². The number of benzene rings is 1. The average Bonchev–Trinajstić information content (AvgIpc) is 2.76. The van der Waals surface area contributed by atoms with Gasteiger partial charge in [0.25, 0.3) is 0 Å². The van der Waals surface area contributed by atoms with Crippen LogP contribution in [0.25, 0.3) is 0 Å². The van der Waals surface area contributed by atoms with Crippen molar-refractivity contribution >= 4 is 16.8 Å². The van der Waals surface area contributed by atoms with Crippen LogP contribution in [0.1, 0.15) is 27.4 Å². The molecule has 0 spiro atoms. The highest BCUT2D eigenvalue weighted by Crippen LogP contribution is 2.17. The van der Waals surface area contributed by atoms with Gasteiger partial charge in [0.15, 0.2) is 0 Å². The lowest BCUT2D eigenvalue weighted by Gasteiger charge is -2.04. The summed E-state index contributed by atoms with van der Waals surface area (Å²) in [5, 5.41) is 8.75. The van der Waals surface area contributed by atoms with Gasteiger partial charge in [-0.1, -0.05) is 6.07 Å². The number of aromatic carboxylic acids is 1. The molecule has 5 heteroatoms. The summed E-state index contributed by atoms with van der Waals surface area (Å²) >= 11 is 0. The first-order valence-corrected chi connectivity index (χ1v) is 7.06. The normalized spacial score (nSPS) is 12.3. The fraction of sp³-hybridized carbons (Fsp3) is 0.214. The van der Waals surface area contributed by atoms with Gasteiger partial charge in [-0.2, -0.15) is 0 Å². The van der Waals surface area contributed by atoms with Crippen molar-refractivity contribution in [3.05, 3.63) is 53.0 Å². The van der Waals surface area contributed by atoms with E-state index in [0.29, 0.717) is 5.76 Å². The van der Waals surface area contributed by atoms with Crippen LogP contribution in [0.2, 0.25) is 0 Å². The zero-order valence-corrected chi connectivity index (χ0v) is 11.5. The third-order valence-corrected chi connectivity index (χ3v) is 3.91. The van der Waals surface area contributed by atoms with Crippen molar-refractivity contribution in [1.29, 1.82) is 0 Å². The zero-order valence-electron chi connectivity index (χ0n) is 10.7. The third-order valence-electron chi connectivity index (χ3n) is 2.60.